The maximum absolute atomic E-state index is 12.0. The number of hydrogen-bond acceptors (Lipinski definition) is 5. The van der Waals surface area contributed by atoms with E-state index in [0.717, 1.165) is 15.8 Å². The molecule has 3 aliphatic rings. The number of H-pyrrole nitrogens is 1. The van der Waals surface area contributed by atoms with Crippen LogP contribution in [0.3, 0.4) is 0 Å². The first kappa shape index (κ1) is 16.3. The number of para-hydroxylation sites is 1. The van der Waals surface area contributed by atoms with Gasteiger partial charge in [-0.15, -0.1) is 11.8 Å². The molecular formula is C19H18N2O3S2. The summed E-state index contributed by atoms with van der Waals surface area (Å²) in [5.41, 5.74) is 0.751. The molecule has 0 spiro atoms. The second-order valence-corrected chi connectivity index (χ2v) is 9.60. The van der Waals surface area contributed by atoms with Gasteiger partial charge in [0, 0.05) is 22.1 Å². The fraction of sp³-hybridized carbons (Fsp3) is 0.421. The molecule has 2 aromatic rings. The van der Waals surface area contributed by atoms with Gasteiger partial charge in [-0.25, -0.2) is 0 Å². The number of rotatable bonds is 3. The minimum absolute atomic E-state index is 0.00101. The van der Waals surface area contributed by atoms with Crippen LogP contribution in [-0.2, 0) is 0 Å². The quantitative estimate of drug-likeness (QED) is 0.615. The Hall–Kier alpha value is -1.86. The number of nitrogens with zero attached hydrogens (tertiary/aromatic N) is 1. The van der Waals surface area contributed by atoms with Crippen molar-refractivity contribution in [2.45, 2.75) is 35.5 Å². The molecule has 134 valence electrons. The number of nitro benzene ring substituents is 1. The van der Waals surface area contributed by atoms with Gasteiger partial charge in [-0.2, -0.15) is 0 Å². The SMILES string of the molecule is O=c1[nH]c2c(s1)[C@@H](/C=C/c1ccccc1[N+](=O)[O-])[C@@H]1[C@H]3CC[C@@H](C3)[C@H]1S2. The van der Waals surface area contributed by atoms with E-state index in [1.807, 2.05) is 23.9 Å². The van der Waals surface area contributed by atoms with Crippen molar-refractivity contribution in [1.29, 1.82) is 0 Å². The van der Waals surface area contributed by atoms with Crippen LogP contribution in [-0.4, -0.2) is 15.2 Å². The highest BCUT2D eigenvalue weighted by Gasteiger charge is 2.53. The van der Waals surface area contributed by atoms with Crippen molar-refractivity contribution in [3.63, 3.8) is 0 Å². The van der Waals surface area contributed by atoms with Gasteiger partial charge in [0.1, 0.15) is 0 Å². The Balaban J connectivity index is 1.56. The Morgan fingerprint density at radius 1 is 1.23 bits per heavy atom. The Morgan fingerprint density at radius 2 is 2.04 bits per heavy atom. The molecule has 26 heavy (non-hydrogen) atoms. The number of allylic oxidation sites excluding steroid dienone is 1. The van der Waals surface area contributed by atoms with Gasteiger partial charge in [0.2, 0.25) is 0 Å². The second-order valence-electron chi connectivity index (χ2n) is 7.40. The molecule has 5 nitrogen and oxygen atoms in total. The maximum Gasteiger partial charge on any atom is 0.305 e. The predicted molar refractivity (Wildman–Crippen MR) is 104 cm³/mol. The third kappa shape index (κ3) is 2.48. The molecule has 2 bridgehead atoms. The van der Waals surface area contributed by atoms with Crippen LogP contribution in [0.4, 0.5) is 5.69 Å². The van der Waals surface area contributed by atoms with Crippen molar-refractivity contribution in [2.75, 3.05) is 0 Å². The van der Waals surface area contributed by atoms with Crippen molar-refractivity contribution in [1.82, 2.24) is 4.98 Å². The summed E-state index contributed by atoms with van der Waals surface area (Å²) in [5.74, 6) is 2.17. The number of nitro groups is 1. The van der Waals surface area contributed by atoms with Crippen LogP contribution in [0.5, 0.6) is 0 Å². The molecule has 2 heterocycles. The fourth-order valence-electron chi connectivity index (χ4n) is 5.12. The number of aromatic nitrogens is 1. The molecule has 2 aliphatic carbocycles. The van der Waals surface area contributed by atoms with E-state index in [2.05, 4.69) is 11.1 Å². The fourth-order valence-corrected chi connectivity index (χ4v) is 7.98. The summed E-state index contributed by atoms with van der Waals surface area (Å²) in [4.78, 5) is 27.0. The largest absolute Gasteiger partial charge is 0.307 e. The summed E-state index contributed by atoms with van der Waals surface area (Å²) in [6, 6.07) is 6.83. The number of benzene rings is 1. The molecule has 7 heteroatoms. The van der Waals surface area contributed by atoms with Crippen LogP contribution >= 0.6 is 23.1 Å². The first-order valence-corrected chi connectivity index (χ1v) is 10.6. The molecule has 1 aromatic heterocycles. The maximum atomic E-state index is 12.0. The molecule has 5 rings (SSSR count). The minimum atomic E-state index is -0.336. The summed E-state index contributed by atoms with van der Waals surface area (Å²) >= 11 is 3.16. The van der Waals surface area contributed by atoms with E-state index in [4.69, 9.17) is 0 Å². The molecule has 5 atom stereocenters. The zero-order chi connectivity index (χ0) is 17.8. The summed E-state index contributed by atoms with van der Waals surface area (Å²) in [7, 11) is 0. The third-order valence-corrected chi connectivity index (χ3v) is 8.77. The number of thioether (sulfide) groups is 1. The summed E-state index contributed by atoms with van der Waals surface area (Å²) < 4.78 is 0. The summed E-state index contributed by atoms with van der Waals surface area (Å²) in [5, 5.41) is 12.9. The van der Waals surface area contributed by atoms with Crippen molar-refractivity contribution in [2.24, 2.45) is 17.8 Å². The van der Waals surface area contributed by atoms with Gasteiger partial charge in [0.15, 0.2) is 0 Å². The van der Waals surface area contributed by atoms with Crippen LogP contribution in [0, 0.1) is 27.9 Å². The van der Waals surface area contributed by atoms with E-state index < -0.39 is 0 Å². The zero-order valence-corrected chi connectivity index (χ0v) is 15.6. The molecule has 0 radical (unpaired) electrons. The molecule has 0 unspecified atom stereocenters. The molecule has 1 N–H and O–H groups in total. The van der Waals surface area contributed by atoms with Gasteiger partial charge in [-0.1, -0.05) is 35.6 Å². The van der Waals surface area contributed by atoms with E-state index in [0.29, 0.717) is 22.6 Å². The average molecular weight is 386 g/mol. The van der Waals surface area contributed by atoms with Crippen LogP contribution < -0.4 is 4.87 Å². The highest BCUT2D eigenvalue weighted by Crippen LogP contribution is 2.62. The Bertz CT molecular complexity index is 964. The molecule has 2 fully saturated rings. The number of thiazole rings is 1. The van der Waals surface area contributed by atoms with Gasteiger partial charge in [-0.05, 0) is 43.1 Å². The van der Waals surface area contributed by atoms with E-state index in [1.165, 1.54) is 36.7 Å². The van der Waals surface area contributed by atoms with E-state index in [9.17, 15) is 14.9 Å². The molecule has 1 aromatic carbocycles. The lowest BCUT2D eigenvalue weighted by atomic mass is 9.77. The lowest BCUT2D eigenvalue weighted by Gasteiger charge is -2.38. The first-order valence-electron chi connectivity index (χ1n) is 8.93. The average Bonchev–Trinajstić information content (AvgIpc) is 3.32. The normalized spacial score (nSPS) is 31.9. The Labute approximate surface area is 158 Å². The Kier molecular flexibility index (Phi) is 3.83. The van der Waals surface area contributed by atoms with Crippen molar-refractivity contribution in [3.8, 4) is 0 Å². The van der Waals surface area contributed by atoms with Crippen LogP contribution in [0.2, 0.25) is 0 Å². The topological polar surface area (TPSA) is 76.0 Å². The molecule has 2 saturated carbocycles. The Morgan fingerprint density at radius 3 is 2.88 bits per heavy atom. The number of nitrogens with one attached hydrogen (secondary N) is 1. The lowest BCUT2D eigenvalue weighted by Crippen LogP contribution is -2.32. The molecule has 0 amide bonds. The highest BCUT2D eigenvalue weighted by molar-refractivity contribution is 8.00. The lowest BCUT2D eigenvalue weighted by molar-refractivity contribution is -0.385. The van der Waals surface area contributed by atoms with Gasteiger partial charge < -0.3 is 4.98 Å². The van der Waals surface area contributed by atoms with Gasteiger partial charge in [-0.3, -0.25) is 14.9 Å². The summed E-state index contributed by atoms with van der Waals surface area (Å²) in [6.07, 6.45) is 7.86. The first-order chi connectivity index (χ1) is 12.6. The number of fused-ring (bicyclic) bond motifs is 6. The minimum Gasteiger partial charge on any atom is -0.307 e. The third-order valence-electron chi connectivity index (χ3n) is 6.13. The number of hydrogen-bond donors (Lipinski definition) is 1. The van der Waals surface area contributed by atoms with Crippen molar-refractivity contribution in [3.05, 3.63) is 60.6 Å². The predicted octanol–water partition coefficient (Wildman–Crippen LogP) is 4.66. The molecule has 1 aliphatic heterocycles. The van der Waals surface area contributed by atoms with Crippen LogP contribution in [0.25, 0.3) is 6.08 Å². The standard InChI is InChI=1S/C19H18N2O3S2/c22-19-20-18-17(26-19)13(15-11-5-6-12(9-11)16(15)25-18)8-7-10-3-1-2-4-14(10)21(23)24/h1-4,7-8,11-13,15-16H,5-6,9H2,(H,20,22)/b8-7+/t11-,12-,13-,15-,16+/m0/s1. The summed E-state index contributed by atoms with van der Waals surface area (Å²) in [6.45, 7) is 0. The van der Waals surface area contributed by atoms with Gasteiger partial charge in [0.05, 0.1) is 15.5 Å². The number of aromatic amines is 1. The zero-order valence-electron chi connectivity index (χ0n) is 14.0. The van der Waals surface area contributed by atoms with E-state index in [-0.39, 0.29) is 21.4 Å². The van der Waals surface area contributed by atoms with Crippen LogP contribution in [0.15, 0.2) is 40.2 Å². The molecule has 0 saturated heterocycles. The van der Waals surface area contributed by atoms with Gasteiger partial charge >= 0.3 is 4.87 Å². The van der Waals surface area contributed by atoms with Crippen molar-refractivity contribution >= 4 is 34.9 Å². The second kappa shape index (κ2) is 6.09. The molecular weight excluding hydrogens is 368 g/mol. The van der Waals surface area contributed by atoms with E-state index >= 15 is 0 Å². The monoisotopic (exact) mass is 386 g/mol. The van der Waals surface area contributed by atoms with Gasteiger partial charge in [0.25, 0.3) is 5.69 Å². The van der Waals surface area contributed by atoms with Crippen LogP contribution in [0.1, 0.15) is 35.6 Å². The smallest absolute Gasteiger partial charge is 0.305 e. The van der Waals surface area contributed by atoms with Crippen molar-refractivity contribution < 1.29 is 4.92 Å². The van der Waals surface area contributed by atoms with E-state index in [1.54, 1.807) is 12.1 Å². The highest BCUT2D eigenvalue weighted by atomic mass is 32.2.